The fraction of sp³-hybridized carbons (Fsp3) is 0.222. The van der Waals surface area contributed by atoms with Crippen LogP contribution in [0.3, 0.4) is 0 Å². The van der Waals surface area contributed by atoms with Gasteiger partial charge in [0.2, 0.25) is 5.91 Å². The fourth-order valence-corrected chi connectivity index (χ4v) is 2.87. The van der Waals surface area contributed by atoms with Crippen LogP contribution >= 0.6 is 0 Å². The van der Waals surface area contributed by atoms with E-state index in [9.17, 15) is 13.6 Å². The van der Waals surface area contributed by atoms with Gasteiger partial charge in [0, 0.05) is 43.3 Å². The molecule has 0 spiro atoms. The Balaban J connectivity index is 1.35. The van der Waals surface area contributed by atoms with Crippen molar-refractivity contribution in [3.05, 3.63) is 55.1 Å². The highest BCUT2D eigenvalue weighted by Gasteiger charge is 2.33. The Kier molecular flexibility index (Phi) is 4.83. The first-order chi connectivity index (χ1) is 13.6. The Labute approximate surface area is 158 Å². The first kappa shape index (κ1) is 17.8. The standard InChI is InChI=1S/C18H16F2N6O2/c19-18(20)28-14-4-1-3-13(7-14)24-17(27)12-9-25(10-12)15-8-16(22-11-21-15)26-6-2-5-23-26/h1-8,11-12,18H,9-10H2,(H,24,27). The molecular weight excluding hydrogens is 370 g/mol. The molecule has 0 atom stereocenters. The van der Waals surface area contributed by atoms with Crippen molar-refractivity contribution in [3.63, 3.8) is 0 Å². The van der Waals surface area contributed by atoms with E-state index in [1.54, 1.807) is 35.3 Å². The molecule has 1 aromatic carbocycles. The fourth-order valence-electron chi connectivity index (χ4n) is 2.87. The summed E-state index contributed by atoms with van der Waals surface area (Å²) in [7, 11) is 0. The maximum atomic E-state index is 12.4. The van der Waals surface area contributed by atoms with E-state index in [1.807, 2.05) is 4.90 Å². The van der Waals surface area contributed by atoms with Crippen LogP contribution in [0.4, 0.5) is 20.3 Å². The van der Waals surface area contributed by atoms with Crippen LogP contribution in [-0.4, -0.2) is 45.4 Å². The molecule has 1 saturated heterocycles. The number of ether oxygens (including phenoxy) is 1. The molecule has 2 aromatic heterocycles. The van der Waals surface area contributed by atoms with Gasteiger partial charge >= 0.3 is 6.61 Å². The van der Waals surface area contributed by atoms with Gasteiger partial charge in [-0.25, -0.2) is 14.6 Å². The van der Waals surface area contributed by atoms with Gasteiger partial charge in [-0.1, -0.05) is 6.07 Å². The molecule has 0 bridgehead atoms. The summed E-state index contributed by atoms with van der Waals surface area (Å²) >= 11 is 0. The summed E-state index contributed by atoms with van der Waals surface area (Å²) in [6.45, 7) is -1.92. The molecule has 1 amide bonds. The van der Waals surface area contributed by atoms with Crippen LogP contribution in [0.2, 0.25) is 0 Å². The summed E-state index contributed by atoms with van der Waals surface area (Å²) in [6, 6.07) is 9.52. The average molecular weight is 386 g/mol. The molecule has 1 N–H and O–H groups in total. The summed E-state index contributed by atoms with van der Waals surface area (Å²) in [5, 5.41) is 6.86. The van der Waals surface area contributed by atoms with E-state index in [2.05, 4.69) is 25.1 Å². The van der Waals surface area contributed by atoms with Crippen molar-refractivity contribution in [1.82, 2.24) is 19.7 Å². The maximum Gasteiger partial charge on any atom is 0.387 e. The SMILES string of the molecule is O=C(Nc1cccc(OC(F)F)c1)C1CN(c2cc(-n3cccn3)ncn2)C1. The first-order valence-electron chi connectivity index (χ1n) is 8.51. The average Bonchev–Trinajstić information content (AvgIpc) is 3.15. The summed E-state index contributed by atoms with van der Waals surface area (Å²) in [5.41, 5.74) is 0.407. The zero-order chi connectivity index (χ0) is 19.5. The van der Waals surface area contributed by atoms with Gasteiger partial charge in [0.05, 0.1) is 5.92 Å². The van der Waals surface area contributed by atoms with E-state index in [1.165, 1.54) is 24.5 Å². The molecule has 3 aromatic rings. The summed E-state index contributed by atoms with van der Waals surface area (Å²) in [4.78, 5) is 22.8. The number of carbonyl (C=O) groups is 1. The molecule has 4 rings (SSSR count). The Morgan fingerprint density at radius 3 is 2.75 bits per heavy atom. The van der Waals surface area contributed by atoms with Crippen LogP contribution in [0.1, 0.15) is 0 Å². The van der Waals surface area contributed by atoms with Crippen molar-refractivity contribution in [3.8, 4) is 11.6 Å². The van der Waals surface area contributed by atoms with Gasteiger partial charge in [-0.05, 0) is 18.2 Å². The highest BCUT2D eigenvalue weighted by Crippen LogP contribution is 2.25. The summed E-state index contributed by atoms with van der Waals surface area (Å²) in [5.74, 6) is 0.917. The van der Waals surface area contributed by atoms with Gasteiger partial charge in [-0.2, -0.15) is 13.9 Å². The van der Waals surface area contributed by atoms with Gasteiger partial charge in [0.15, 0.2) is 5.82 Å². The number of hydrogen-bond acceptors (Lipinski definition) is 6. The second-order valence-corrected chi connectivity index (χ2v) is 6.18. The van der Waals surface area contributed by atoms with E-state index < -0.39 is 6.61 Å². The molecule has 144 valence electrons. The molecule has 1 aliphatic heterocycles. The molecule has 8 nitrogen and oxygen atoms in total. The minimum absolute atomic E-state index is 0.00447. The number of halogens is 2. The second kappa shape index (κ2) is 7.59. The van der Waals surface area contributed by atoms with Crippen LogP contribution in [-0.2, 0) is 4.79 Å². The zero-order valence-corrected chi connectivity index (χ0v) is 14.6. The van der Waals surface area contributed by atoms with E-state index in [-0.39, 0.29) is 17.6 Å². The van der Waals surface area contributed by atoms with Gasteiger partial charge in [-0.15, -0.1) is 0 Å². The van der Waals surface area contributed by atoms with Crippen LogP contribution in [0.5, 0.6) is 5.75 Å². The third-order valence-corrected chi connectivity index (χ3v) is 4.28. The Morgan fingerprint density at radius 2 is 2.00 bits per heavy atom. The zero-order valence-electron chi connectivity index (χ0n) is 14.6. The number of nitrogens with one attached hydrogen (secondary N) is 1. The second-order valence-electron chi connectivity index (χ2n) is 6.18. The van der Waals surface area contributed by atoms with Crippen LogP contribution in [0.25, 0.3) is 5.82 Å². The Bertz CT molecular complexity index is 960. The molecule has 0 radical (unpaired) electrons. The third-order valence-electron chi connectivity index (χ3n) is 4.28. The molecule has 3 heterocycles. The van der Waals surface area contributed by atoms with Gasteiger partial charge < -0.3 is 15.0 Å². The molecular formula is C18H16F2N6O2. The number of anilines is 2. The number of rotatable bonds is 6. The summed E-state index contributed by atoms with van der Waals surface area (Å²) < 4.78 is 30.6. The van der Waals surface area contributed by atoms with Crippen molar-refractivity contribution in [2.45, 2.75) is 6.61 Å². The van der Waals surface area contributed by atoms with Crippen LogP contribution in [0, 0.1) is 5.92 Å². The number of hydrogen-bond donors (Lipinski definition) is 1. The van der Waals surface area contributed by atoms with E-state index >= 15 is 0 Å². The normalized spacial score (nSPS) is 14.0. The lowest BCUT2D eigenvalue weighted by molar-refractivity contribution is -0.120. The number of amides is 1. The molecule has 28 heavy (non-hydrogen) atoms. The minimum atomic E-state index is -2.91. The smallest absolute Gasteiger partial charge is 0.387 e. The van der Waals surface area contributed by atoms with Gasteiger partial charge in [-0.3, -0.25) is 4.79 Å². The quantitative estimate of drug-likeness (QED) is 0.700. The van der Waals surface area contributed by atoms with E-state index in [0.29, 0.717) is 30.4 Å². The Hall–Kier alpha value is -3.56. The van der Waals surface area contributed by atoms with Crippen molar-refractivity contribution in [2.24, 2.45) is 5.92 Å². The molecule has 10 heteroatoms. The maximum absolute atomic E-state index is 12.4. The number of carbonyl (C=O) groups excluding carboxylic acids is 1. The predicted molar refractivity (Wildman–Crippen MR) is 96.6 cm³/mol. The number of nitrogens with zero attached hydrogens (tertiary/aromatic N) is 5. The Morgan fingerprint density at radius 1 is 1.18 bits per heavy atom. The molecule has 1 aliphatic rings. The highest BCUT2D eigenvalue weighted by molar-refractivity contribution is 5.94. The third kappa shape index (κ3) is 3.90. The van der Waals surface area contributed by atoms with Crippen molar-refractivity contribution >= 4 is 17.4 Å². The van der Waals surface area contributed by atoms with Gasteiger partial charge in [0.1, 0.15) is 17.9 Å². The van der Waals surface area contributed by atoms with Crippen LogP contribution in [0.15, 0.2) is 55.1 Å². The van der Waals surface area contributed by atoms with Crippen LogP contribution < -0.4 is 15.0 Å². The largest absolute Gasteiger partial charge is 0.435 e. The van der Waals surface area contributed by atoms with Crippen molar-refractivity contribution < 1.29 is 18.3 Å². The lowest BCUT2D eigenvalue weighted by Gasteiger charge is -2.39. The number of aromatic nitrogens is 4. The molecule has 1 fully saturated rings. The van der Waals surface area contributed by atoms with Crippen molar-refractivity contribution in [2.75, 3.05) is 23.3 Å². The summed E-state index contributed by atoms with van der Waals surface area (Å²) in [6.07, 6.45) is 4.89. The lowest BCUT2D eigenvalue weighted by Crippen LogP contribution is -2.52. The minimum Gasteiger partial charge on any atom is -0.435 e. The monoisotopic (exact) mass is 386 g/mol. The van der Waals surface area contributed by atoms with E-state index in [4.69, 9.17) is 0 Å². The van der Waals surface area contributed by atoms with Crippen molar-refractivity contribution in [1.29, 1.82) is 0 Å². The molecule has 0 saturated carbocycles. The highest BCUT2D eigenvalue weighted by atomic mass is 19.3. The van der Waals surface area contributed by atoms with Gasteiger partial charge in [0.25, 0.3) is 0 Å². The lowest BCUT2D eigenvalue weighted by atomic mass is 9.99. The topological polar surface area (TPSA) is 85.2 Å². The number of benzene rings is 1. The molecule has 0 aliphatic carbocycles. The molecule has 0 unspecified atom stereocenters. The first-order valence-corrected chi connectivity index (χ1v) is 8.51. The predicted octanol–water partition coefficient (Wildman–Crippen LogP) is 2.34. The van der Waals surface area contributed by atoms with E-state index in [0.717, 1.165) is 0 Å². The number of alkyl halides is 2.